The molecular formula is C15H16F2N2. The van der Waals surface area contributed by atoms with Crippen LogP contribution in [0.2, 0.25) is 0 Å². The fourth-order valence-corrected chi connectivity index (χ4v) is 1.88. The lowest BCUT2D eigenvalue weighted by Gasteiger charge is -2.10. The lowest BCUT2D eigenvalue weighted by Crippen LogP contribution is -2.07. The number of aryl methyl sites for hydroxylation is 1. The van der Waals surface area contributed by atoms with Gasteiger partial charge in [-0.2, -0.15) is 0 Å². The van der Waals surface area contributed by atoms with Gasteiger partial charge in [-0.1, -0.05) is 12.1 Å². The van der Waals surface area contributed by atoms with E-state index < -0.39 is 11.6 Å². The van der Waals surface area contributed by atoms with Crippen molar-refractivity contribution in [2.24, 2.45) is 0 Å². The van der Waals surface area contributed by atoms with E-state index >= 15 is 0 Å². The number of nitrogens with one attached hydrogen (secondary N) is 1. The SMILES string of the molecule is Cc1ccc(NCCc2ccc(F)c(F)c2)c(N)c1. The van der Waals surface area contributed by atoms with Crippen LogP contribution in [0.25, 0.3) is 0 Å². The van der Waals surface area contributed by atoms with Crippen LogP contribution in [0.1, 0.15) is 11.1 Å². The molecule has 100 valence electrons. The van der Waals surface area contributed by atoms with Crippen molar-refractivity contribution >= 4 is 11.4 Å². The molecule has 3 N–H and O–H groups in total. The van der Waals surface area contributed by atoms with Gasteiger partial charge in [0.05, 0.1) is 11.4 Å². The molecule has 0 aliphatic carbocycles. The Morgan fingerprint density at radius 2 is 1.84 bits per heavy atom. The Morgan fingerprint density at radius 1 is 1.05 bits per heavy atom. The van der Waals surface area contributed by atoms with E-state index in [9.17, 15) is 8.78 Å². The molecule has 2 rings (SSSR count). The zero-order chi connectivity index (χ0) is 13.8. The highest BCUT2D eigenvalue weighted by Crippen LogP contribution is 2.19. The molecule has 0 heterocycles. The topological polar surface area (TPSA) is 38.0 Å². The average molecular weight is 262 g/mol. The van der Waals surface area contributed by atoms with E-state index in [1.807, 2.05) is 25.1 Å². The van der Waals surface area contributed by atoms with E-state index in [4.69, 9.17) is 5.73 Å². The van der Waals surface area contributed by atoms with Crippen molar-refractivity contribution in [3.63, 3.8) is 0 Å². The highest BCUT2D eigenvalue weighted by Gasteiger charge is 2.03. The summed E-state index contributed by atoms with van der Waals surface area (Å²) >= 11 is 0. The van der Waals surface area contributed by atoms with Crippen molar-refractivity contribution in [1.29, 1.82) is 0 Å². The van der Waals surface area contributed by atoms with Crippen LogP contribution in [-0.2, 0) is 6.42 Å². The second-order valence-electron chi connectivity index (χ2n) is 4.52. The Hall–Kier alpha value is -2.10. The predicted molar refractivity (Wildman–Crippen MR) is 74.1 cm³/mol. The Kier molecular flexibility index (Phi) is 4.00. The zero-order valence-corrected chi connectivity index (χ0v) is 10.7. The summed E-state index contributed by atoms with van der Waals surface area (Å²) in [7, 11) is 0. The third-order valence-electron chi connectivity index (χ3n) is 2.92. The molecule has 0 spiro atoms. The smallest absolute Gasteiger partial charge is 0.159 e. The molecule has 19 heavy (non-hydrogen) atoms. The van der Waals surface area contributed by atoms with Crippen molar-refractivity contribution in [3.8, 4) is 0 Å². The molecule has 0 radical (unpaired) electrons. The van der Waals surface area contributed by atoms with E-state index in [0.717, 1.165) is 22.9 Å². The van der Waals surface area contributed by atoms with Gasteiger partial charge in [0, 0.05) is 6.54 Å². The van der Waals surface area contributed by atoms with Gasteiger partial charge in [-0.3, -0.25) is 0 Å². The highest BCUT2D eigenvalue weighted by molar-refractivity contribution is 5.66. The van der Waals surface area contributed by atoms with E-state index in [1.165, 1.54) is 6.07 Å². The van der Waals surface area contributed by atoms with Crippen molar-refractivity contribution in [2.75, 3.05) is 17.6 Å². The minimum atomic E-state index is -0.820. The monoisotopic (exact) mass is 262 g/mol. The summed E-state index contributed by atoms with van der Waals surface area (Å²) in [4.78, 5) is 0. The summed E-state index contributed by atoms with van der Waals surface area (Å²) in [6.45, 7) is 2.58. The molecule has 2 nitrogen and oxygen atoms in total. The van der Waals surface area contributed by atoms with Crippen molar-refractivity contribution in [2.45, 2.75) is 13.3 Å². The summed E-state index contributed by atoms with van der Waals surface area (Å²) in [5, 5.41) is 3.18. The molecule has 0 aliphatic heterocycles. The molecule has 0 bridgehead atoms. The first-order chi connectivity index (χ1) is 9.06. The van der Waals surface area contributed by atoms with Gasteiger partial charge in [0.15, 0.2) is 11.6 Å². The van der Waals surface area contributed by atoms with Gasteiger partial charge in [0.2, 0.25) is 0 Å². The summed E-state index contributed by atoms with van der Waals surface area (Å²) in [5.41, 5.74) is 9.26. The number of halogens is 2. The minimum Gasteiger partial charge on any atom is -0.397 e. The Balaban J connectivity index is 1.94. The number of hydrogen-bond donors (Lipinski definition) is 2. The fraction of sp³-hybridized carbons (Fsp3) is 0.200. The molecule has 0 saturated carbocycles. The van der Waals surface area contributed by atoms with Crippen LogP contribution >= 0.6 is 0 Å². The van der Waals surface area contributed by atoms with Crippen LogP contribution in [0, 0.1) is 18.6 Å². The van der Waals surface area contributed by atoms with E-state index in [0.29, 0.717) is 18.7 Å². The lowest BCUT2D eigenvalue weighted by atomic mass is 10.1. The molecule has 4 heteroatoms. The zero-order valence-electron chi connectivity index (χ0n) is 10.7. The molecule has 2 aromatic carbocycles. The van der Waals surface area contributed by atoms with Crippen LogP contribution in [0.5, 0.6) is 0 Å². The van der Waals surface area contributed by atoms with Crippen LogP contribution < -0.4 is 11.1 Å². The third-order valence-corrected chi connectivity index (χ3v) is 2.92. The lowest BCUT2D eigenvalue weighted by molar-refractivity contribution is 0.507. The first-order valence-electron chi connectivity index (χ1n) is 6.10. The van der Waals surface area contributed by atoms with Crippen molar-refractivity contribution in [1.82, 2.24) is 0 Å². The maximum absolute atomic E-state index is 13.0. The standard InChI is InChI=1S/C15H16F2N2/c1-10-2-5-15(14(18)8-10)19-7-6-11-3-4-12(16)13(17)9-11/h2-5,8-9,19H,6-7,18H2,1H3. The second kappa shape index (κ2) is 5.69. The molecule has 0 atom stereocenters. The largest absolute Gasteiger partial charge is 0.397 e. The van der Waals surface area contributed by atoms with Gasteiger partial charge in [0.25, 0.3) is 0 Å². The minimum absolute atomic E-state index is 0.602. The van der Waals surface area contributed by atoms with Gasteiger partial charge >= 0.3 is 0 Å². The third kappa shape index (κ3) is 3.44. The second-order valence-corrected chi connectivity index (χ2v) is 4.52. The number of nitrogen functional groups attached to an aromatic ring is 1. The van der Waals surface area contributed by atoms with Crippen molar-refractivity contribution < 1.29 is 8.78 Å². The predicted octanol–water partition coefficient (Wildman–Crippen LogP) is 3.51. The Bertz CT molecular complexity index is 582. The molecule has 0 unspecified atom stereocenters. The summed E-state index contributed by atoms with van der Waals surface area (Å²) in [6, 6.07) is 9.71. The maximum atomic E-state index is 13.0. The van der Waals surface area contributed by atoms with Gasteiger partial charge in [-0.15, -0.1) is 0 Å². The Labute approximate surface area is 111 Å². The van der Waals surface area contributed by atoms with Crippen molar-refractivity contribution in [3.05, 3.63) is 59.2 Å². The van der Waals surface area contributed by atoms with Gasteiger partial charge in [-0.25, -0.2) is 8.78 Å². The molecule has 0 saturated heterocycles. The number of benzene rings is 2. The summed E-state index contributed by atoms with van der Waals surface area (Å²) < 4.78 is 25.8. The number of rotatable bonds is 4. The quantitative estimate of drug-likeness (QED) is 0.827. The average Bonchev–Trinajstić information content (AvgIpc) is 2.36. The van der Waals surface area contributed by atoms with Gasteiger partial charge < -0.3 is 11.1 Å². The summed E-state index contributed by atoms with van der Waals surface area (Å²) in [6.07, 6.45) is 0.602. The van der Waals surface area contributed by atoms with Crippen LogP contribution in [0.4, 0.5) is 20.2 Å². The molecule has 0 amide bonds. The normalized spacial score (nSPS) is 10.5. The van der Waals surface area contributed by atoms with Gasteiger partial charge in [0.1, 0.15) is 0 Å². The van der Waals surface area contributed by atoms with Crippen LogP contribution in [0.3, 0.4) is 0 Å². The highest BCUT2D eigenvalue weighted by atomic mass is 19.2. The van der Waals surface area contributed by atoms with Gasteiger partial charge in [-0.05, 0) is 48.7 Å². The number of hydrogen-bond acceptors (Lipinski definition) is 2. The first-order valence-corrected chi connectivity index (χ1v) is 6.10. The number of anilines is 2. The van der Waals surface area contributed by atoms with E-state index in [2.05, 4.69) is 5.32 Å². The molecule has 0 aromatic heterocycles. The molecular weight excluding hydrogens is 246 g/mol. The molecule has 2 aromatic rings. The Morgan fingerprint density at radius 3 is 2.53 bits per heavy atom. The molecule has 0 fully saturated rings. The maximum Gasteiger partial charge on any atom is 0.159 e. The van der Waals surface area contributed by atoms with E-state index in [-0.39, 0.29) is 0 Å². The van der Waals surface area contributed by atoms with Crippen LogP contribution in [-0.4, -0.2) is 6.54 Å². The van der Waals surface area contributed by atoms with E-state index in [1.54, 1.807) is 6.07 Å². The first kappa shape index (κ1) is 13.3. The number of nitrogens with two attached hydrogens (primary N) is 1. The fourth-order valence-electron chi connectivity index (χ4n) is 1.88. The molecule has 0 aliphatic rings. The van der Waals surface area contributed by atoms with Crippen LogP contribution in [0.15, 0.2) is 36.4 Å². The summed E-state index contributed by atoms with van der Waals surface area (Å²) in [5.74, 6) is -1.63.